The minimum atomic E-state index is 0. The molecule has 0 aliphatic heterocycles. The van der Waals surface area contributed by atoms with Crippen molar-refractivity contribution in [2.24, 2.45) is 0 Å². The van der Waals surface area contributed by atoms with Crippen LogP contribution in [0.5, 0.6) is 0 Å². The van der Waals surface area contributed by atoms with Crippen molar-refractivity contribution in [1.82, 2.24) is 15.2 Å². The number of aromatic nitrogens is 3. The van der Waals surface area contributed by atoms with E-state index in [1.165, 1.54) is 12.7 Å². The van der Waals surface area contributed by atoms with Crippen LogP contribution in [0.15, 0.2) is 12.7 Å². The van der Waals surface area contributed by atoms with Gasteiger partial charge < -0.3 is 0 Å². The van der Waals surface area contributed by atoms with Crippen LogP contribution in [0.25, 0.3) is 0 Å². The molecule has 1 N–H and O–H groups in total. The number of rotatable bonds is 0. The second-order valence-corrected chi connectivity index (χ2v) is 0.652. The Hall–Kier alpha value is -0.280. The molecule has 5 heteroatoms. The average Bonchev–Trinajstić information content (AvgIpc) is 1.76. The van der Waals surface area contributed by atoms with Gasteiger partial charge in [-0.15, -0.1) is 24.8 Å². The second kappa shape index (κ2) is 5.72. The summed E-state index contributed by atoms with van der Waals surface area (Å²) in [6.45, 7) is 0. The number of hydrogen-bond acceptors (Lipinski definition) is 2. The van der Waals surface area contributed by atoms with Gasteiger partial charge in [-0.2, -0.15) is 5.10 Å². The predicted octanol–water partition coefficient (Wildman–Crippen LogP) is 0.648. The predicted molar refractivity (Wildman–Crippen MR) is 30.9 cm³/mol. The Balaban J connectivity index is 0. The van der Waals surface area contributed by atoms with E-state index in [-0.39, 0.29) is 24.8 Å². The fraction of sp³-hybridized carbons (Fsp3) is 0. The summed E-state index contributed by atoms with van der Waals surface area (Å²) < 4.78 is 0. The molecule has 42 valence electrons. The van der Waals surface area contributed by atoms with Crippen LogP contribution in [0.1, 0.15) is 0 Å². The summed E-state index contributed by atoms with van der Waals surface area (Å²) in [6, 6.07) is 0. The normalized spacial score (nSPS) is 5.71. The Morgan fingerprint density at radius 2 is 2.00 bits per heavy atom. The van der Waals surface area contributed by atoms with Crippen LogP contribution in [-0.2, 0) is 0 Å². The van der Waals surface area contributed by atoms with Crippen molar-refractivity contribution in [2.45, 2.75) is 0 Å². The minimum absolute atomic E-state index is 0. The molecular formula is C2H5Cl2N3. The highest BCUT2D eigenvalue weighted by Gasteiger charge is 1.57. The van der Waals surface area contributed by atoms with E-state index in [0.717, 1.165) is 0 Å². The first kappa shape index (κ1) is 9.87. The summed E-state index contributed by atoms with van der Waals surface area (Å²) in [5.41, 5.74) is 0. The van der Waals surface area contributed by atoms with Gasteiger partial charge in [-0.3, -0.25) is 5.10 Å². The van der Waals surface area contributed by atoms with Crippen LogP contribution in [0.3, 0.4) is 0 Å². The SMILES string of the molecule is Cl.Cl.c1nc[nH]n1. The van der Waals surface area contributed by atoms with E-state index >= 15 is 0 Å². The molecule has 3 nitrogen and oxygen atoms in total. The number of aromatic amines is 1. The first-order valence-corrected chi connectivity index (χ1v) is 1.29. The molecule has 0 spiro atoms. The lowest BCUT2D eigenvalue weighted by Crippen LogP contribution is -1.53. The summed E-state index contributed by atoms with van der Waals surface area (Å²) in [7, 11) is 0. The van der Waals surface area contributed by atoms with E-state index in [4.69, 9.17) is 0 Å². The molecule has 7 heavy (non-hydrogen) atoms. The molecule has 1 rings (SSSR count). The van der Waals surface area contributed by atoms with Crippen molar-refractivity contribution < 1.29 is 0 Å². The van der Waals surface area contributed by atoms with Gasteiger partial charge in [-0.05, 0) is 0 Å². The molecule has 1 aromatic heterocycles. The molecule has 0 aliphatic carbocycles. The lowest BCUT2D eigenvalue weighted by molar-refractivity contribution is 1.09. The van der Waals surface area contributed by atoms with Crippen LogP contribution in [-0.4, -0.2) is 15.2 Å². The highest BCUT2D eigenvalue weighted by atomic mass is 35.5. The first-order chi connectivity index (χ1) is 2.50. The summed E-state index contributed by atoms with van der Waals surface area (Å²) in [5, 5.41) is 5.99. The molecule has 0 amide bonds. The monoisotopic (exact) mass is 141 g/mol. The van der Waals surface area contributed by atoms with Crippen LogP contribution < -0.4 is 0 Å². The smallest absolute Gasteiger partial charge is 0.137 e. The van der Waals surface area contributed by atoms with E-state index in [9.17, 15) is 0 Å². The molecule has 0 aliphatic rings. The van der Waals surface area contributed by atoms with Gasteiger partial charge in [0.15, 0.2) is 0 Å². The Labute approximate surface area is 53.4 Å². The topological polar surface area (TPSA) is 41.6 Å². The Morgan fingerprint density at radius 3 is 2.14 bits per heavy atom. The maximum atomic E-state index is 3.56. The van der Waals surface area contributed by atoms with Crippen molar-refractivity contribution in [1.29, 1.82) is 0 Å². The van der Waals surface area contributed by atoms with Gasteiger partial charge in [-0.25, -0.2) is 4.98 Å². The Bertz CT molecular complexity index is 67.4. The maximum absolute atomic E-state index is 3.56. The average molecular weight is 142 g/mol. The molecule has 0 radical (unpaired) electrons. The summed E-state index contributed by atoms with van der Waals surface area (Å²) in [4.78, 5) is 3.56. The summed E-state index contributed by atoms with van der Waals surface area (Å²) in [5.74, 6) is 0. The maximum Gasteiger partial charge on any atom is 0.137 e. The third-order valence-electron chi connectivity index (χ3n) is 0.331. The van der Waals surface area contributed by atoms with Crippen molar-refractivity contribution in [2.75, 3.05) is 0 Å². The Morgan fingerprint density at radius 1 is 1.29 bits per heavy atom. The van der Waals surface area contributed by atoms with E-state index in [0.29, 0.717) is 0 Å². The quantitative estimate of drug-likeness (QED) is 0.577. The second-order valence-electron chi connectivity index (χ2n) is 0.652. The molecule has 0 unspecified atom stereocenters. The largest absolute Gasteiger partial charge is 0.266 e. The molecule has 0 saturated heterocycles. The van der Waals surface area contributed by atoms with Crippen molar-refractivity contribution >= 4 is 24.8 Å². The third-order valence-corrected chi connectivity index (χ3v) is 0.331. The molecule has 1 heterocycles. The number of nitrogens with zero attached hydrogens (tertiary/aromatic N) is 2. The van der Waals surface area contributed by atoms with Gasteiger partial charge in [0.05, 0.1) is 0 Å². The van der Waals surface area contributed by atoms with Gasteiger partial charge in [0.25, 0.3) is 0 Å². The van der Waals surface area contributed by atoms with Crippen LogP contribution in [0, 0.1) is 0 Å². The van der Waals surface area contributed by atoms with Crippen molar-refractivity contribution in [3.63, 3.8) is 0 Å². The van der Waals surface area contributed by atoms with Gasteiger partial charge in [0.2, 0.25) is 0 Å². The summed E-state index contributed by atoms with van der Waals surface area (Å²) >= 11 is 0. The fourth-order valence-corrected chi connectivity index (χ4v) is 0.167. The highest BCUT2D eigenvalue weighted by Crippen LogP contribution is 1.53. The number of H-pyrrole nitrogens is 1. The van der Waals surface area contributed by atoms with Gasteiger partial charge in [0, 0.05) is 0 Å². The molecule has 0 bridgehead atoms. The van der Waals surface area contributed by atoms with Gasteiger partial charge >= 0.3 is 0 Å². The zero-order valence-corrected chi connectivity index (χ0v) is 5.00. The first-order valence-electron chi connectivity index (χ1n) is 1.29. The highest BCUT2D eigenvalue weighted by molar-refractivity contribution is 5.85. The summed E-state index contributed by atoms with van der Waals surface area (Å²) in [6.07, 6.45) is 2.96. The van der Waals surface area contributed by atoms with Crippen LogP contribution in [0.2, 0.25) is 0 Å². The molecular weight excluding hydrogens is 137 g/mol. The number of halogens is 2. The van der Waals surface area contributed by atoms with E-state index < -0.39 is 0 Å². The fourth-order valence-electron chi connectivity index (χ4n) is 0.167. The number of hydrogen-bond donors (Lipinski definition) is 1. The van der Waals surface area contributed by atoms with Crippen molar-refractivity contribution in [3.8, 4) is 0 Å². The molecule has 0 saturated carbocycles. The van der Waals surface area contributed by atoms with Gasteiger partial charge in [0.1, 0.15) is 12.7 Å². The van der Waals surface area contributed by atoms with Crippen LogP contribution >= 0.6 is 24.8 Å². The minimum Gasteiger partial charge on any atom is -0.266 e. The van der Waals surface area contributed by atoms with E-state index in [2.05, 4.69) is 15.2 Å². The van der Waals surface area contributed by atoms with Crippen molar-refractivity contribution in [3.05, 3.63) is 12.7 Å². The van der Waals surface area contributed by atoms with E-state index in [1.807, 2.05) is 0 Å². The lowest BCUT2D eigenvalue weighted by atomic mass is 11.3. The molecule has 0 fully saturated rings. The standard InChI is InChI=1S/C2H3N3.2ClH/c1-3-2-5-4-1;;/h1-2H,(H,3,4,5);2*1H. The Kier molecular flexibility index (Phi) is 8.06. The molecule has 0 atom stereocenters. The van der Waals surface area contributed by atoms with Gasteiger partial charge in [-0.1, -0.05) is 0 Å². The number of nitrogens with one attached hydrogen (secondary N) is 1. The zero-order chi connectivity index (χ0) is 3.54. The van der Waals surface area contributed by atoms with Crippen LogP contribution in [0.4, 0.5) is 0 Å². The zero-order valence-electron chi connectivity index (χ0n) is 3.37. The lowest BCUT2D eigenvalue weighted by Gasteiger charge is -1.46. The molecule has 1 aromatic rings. The third kappa shape index (κ3) is 3.55. The van der Waals surface area contributed by atoms with E-state index in [1.54, 1.807) is 0 Å². The molecule has 0 aromatic carbocycles.